The van der Waals surface area contributed by atoms with Crippen LogP contribution in [0.1, 0.15) is 53.1 Å². The number of nitrogens with zero attached hydrogens (tertiary/aromatic N) is 2. The van der Waals surface area contributed by atoms with Gasteiger partial charge in [0, 0.05) is 36.1 Å². The first-order valence-corrected chi connectivity index (χ1v) is 11.5. The van der Waals surface area contributed by atoms with Crippen LogP contribution in [0.4, 0.5) is 13.2 Å². The zero-order chi connectivity index (χ0) is 22.2. The van der Waals surface area contributed by atoms with E-state index in [0.29, 0.717) is 19.1 Å². The highest BCUT2D eigenvalue weighted by molar-refractivity contribution is 7.14. The Morgan fingerprint density at radius 2 is 1.81 bits per heavy atom. The maximum absolute atomic E-state index is 12.8. The molecule has 31 heavy (non-hydrogen) atoms. The van der Waals surface area contributed by atoms with Gasteiger partial charge in [-0.1, -0.05) is 0 Å². The Hall–Kier alpha value is -2.06. The van der Waals surface area contributed by atoms with Crippen molar-refractivity contribution in [2.75, 3.05) is 19.6 Å². The number of benzene rings is 1. The summed E-state index contributed by atoms with van der Waals surface area (Å²) in [5.41, 5.74) is 0.738. The zero-order valence-corrected chi connectivity index (χ0v) is 18.6. The van der Waals surface area contributed by atoms with E-state index < -0.39 is 11.7 Å². The molecule has 0 saturated carbocycles. The minimum atomic E-state index is -4.40. The Kier molecular flexibility index (Phi) is 6.30. The predicted molar refractivity (Wildman–Crippen MR) is 115 cm³/mol. The molecular weight excluding hydrogens is 425 g/mol. The number of likely N-dealkylation sites (tertiary alicyclic amines) is 1. The first-order chi connectivity index (χ1) is 14.7. The molecule has 1 aromatic carbocycles. The molecule has 0 aliphatic carbocycles. The first kappa shape index (κ1) is 22.1. The van der Waals surface area contributed by atoms with Gasteiger partial charge in [0.15, 0.2) is 5.06 Å². The molecule has 2 aliphatic rings. The van der Waals surface area contributed by atoms with Gasteiger partial charge in [0.05, 0.1) is 12.1 Å². The monoisotopic (exact) mass is 452 g/mol. The fourth-order valence-corrected chi connectivity index (χ4v) is 5.32. The lowest BCUT2D eigenvalue weighted by Gasteiger charge is -2.34. The summed E-state index contributed by atoms with van der Waals surface area (Å²) < 4.78 is 44.5. The van der Waals surface area contributed by atoms with E-state index in [2.05, 4.69) is 24.8 Å². The van der Waals surface area contributed by atoms with Crippen molar-refractivity contribution >= 4 is 17.2 Å². The van der Waals surface area contributed by atoms with Crippen molar-refractivity contribution in [2.24, 2.45) is 0 Å². The van der Waals surface area contributed by atoms with Crippen molar-refractivity contribution in [1.82, 2.24) is 9.80 Å². The SMILES string of the molecule is CC(C)N1CCC(Oc2cc3c(s2)CN(C(=O)c2ccc(C(F)(F)F)cc2)CC3)CC1. The van der Waals surface area contributed by atoms with Crippen molar-refractivity contribution < 1.29 is 22.7 Å². The topological polar surface area (TPSA) is 32.8 Å². The first-order valence-electron chi connectivity index (χ1n) is 10.7. The Morgan fingerprint density at radius 3 is 2.42 bits per heavy atom. The summed E-state index contributed by atoms with van der Waals surface area (Å²) >= 11 is 1.58. The second-order valence-electron chi connectivity index (χ2n) is 8.51. The number of hydrogen-bond donors (Lipinski definition) is 0. The molecule has 1 amide bonds. The minimum Gasteiger partial charge on any atom is -0.481 e. The maximum Gasteiger partial charge on any atom is 0.416 e. The average molecular weight is 453 g/mol. The molecule has 2 aliphatic heterocycles. The van der Waals surface area contributed by atoms with Crippen molar-refractivity contribution in [1.29, 1.82) is 0 Å². The van der Waals surface area contributed by atoms with Crippen LogP contribution in [0.25, 0.3) is 0 Å². The summed E-state index contributed by atoms with van der Waals surface area (Å²) in [7, 11) is 0. The van der Waals surface area contributed by atoms with E-state index in [4.69, 9.17) is 4.74 Å². The van der Waals surface area contributed by atoms with Gasteiger partial charge < -0.3 is 14.5 Å². The number of carbonyl (C=O) groups is 1. The summed E-state index contributed by atoms with van der Waals surface area (Å²) in [4.78, 5) is 18.1. The largest absolute Gasteiger partial charge is 0.481 e. The summed E-state index contributed by atoms with van der Waals surface area (Å²) in [6.45, 7) is 7.54. The number of ether oxygens (including phenoxy) is 1. The summed E-state index contributed by atoms with van der Waals surface area (Å²) in [5, 5.41) is 0.900. The molecule has 2 aromatic rings. The van der Waals surface area contributed by atoms with E-state index in [0.717, 1.165) is 54.4 Å². The van der Waals surface area contributed by atoms with Gasteiger partial charge in [0.2, 0.25) is 0 Å². The molecule has 4 nitrogen and oxygen atoms in total. The van der Waals surface area contributed by atoms with Crippen LogP contribution in [0.5, 0.6) is 5.06 Å². The molecule has 1 aromatic heterocycles. The molecule has 1 fully saturated rings. The van der Waals surface area contributed by atoms with Crippen LogP contribution in [0.15, 0.2) is 30.3 Å². The number of piperidine rings is 1. The molecule has 0 atom stereocenters. The number of rotatable bonds is 4. The highest BCUT2D eigenvalue weighted by atomic mass is 32.1. The second-order valence-corrected chi connectivity index (χ2v) is 9.61. The molecule has 3 heterocycles. The van der Waals surface area contributed by atoms with Crippen LogP contribution in [0, 0.1) is 0 Å². The van der Waals surface area contributed by atoms with Crippen LogP contribution in [-0.4, -0.2) is 47.5 Å². The van der Waals surface area contributed by atoms with E-state index in [1.54, 1.807) is 16.2 Å². The maximum atomic E-state index is 12.8. The lowest BCUT2D eigenvalue weighted by molar-refractivity contribution is -0.137. The number of amides is 1. The normalized spacial score (nSPS) is 18.3. The van der Waals surface area contributed by atoms with Crippen LogP contribution < -0.4 is 4.74 Å². The van der Waals surface area contributed by atoms with Crippen LogP contribution >= 0.6 is 11.3 Å². The van der Waals surface area contributed by atoms with Crippen LogP contribution in [-0.2, 0) is 19.1 Å². The smallest absolute Gasteiger partial charge is 0.416 e. The fraction of sp³-hybridized carbons (Fsp3) is 0.522. The molecular formula is C23H27F3N2O2S. The van der Waals surface area contributed by atoms with E-state index in [9.17, 15) is 18.0 Å². The standard InChI is InChI=1S/C23H27F3N2O2S/c1-15(2)27-11-8-19(9-12-27)30-21-13-17-7-10-28(14-20(17)31-21)22(29)16-3-5-18(6-4-16)23(24,25)26/h3-6,13,15,19H,7-12,14H2,1-2H3. The third kappa shape index (κ3) is 5.06. The molecule has 0 radical (unpaired) electrons. The van der Waals surface area contributed by atoms with Gasteiger partial charge in [-0.05, 0) is 69.0 Å². The van der Waals surface area contributed by atoms with Crippen molar-refractivity contribution in [3.63, 3.8) is 0 Å². The predicted octanol–water partition coefficient (Wildman–Crippen LogP) is 5.22. The Morgan fingerprint density at radius 1 is 1.13 bits per heavy atom. The Labute approximate surface area is 184 Å². The quantitative estimate of drug-likeness (QED) is 0.638. The third-order valence-electron chi connectivity index (χ3n) is 6.10. The fourth-order valence-electron chi connectivity index (χ4n) is 4.18. The molecule has 0 N–H and O–H groups in total. The highest BCUT2D eigenvalue weighted by Crippen LogP contribution is 2.35. The molecule has 1 saturated heterocycles. The second kappa shape index (κ2) is 8.82. The third-order valence-corrected chi connectivity index (χ3v) is 7.15. The highest BCUT2D eigenvalue weighted by Gasteiger charge is 2.31. The van der Waals surface area contributed by atoms with E-state index >= 15 is 0 Å². The molecule has 0 bridgehead atoms. The molecule has 168 valence electrons. The lowest BCUT2D eigenvalue weighted by atomic mass is 10.1. The van der Waals surface area contributed by atoms with Crippen LogP contribution in [0.3, 0.4) is 0 Å². The van der Waals surface area contributed by atoms with E-state index in [1.165, 1.54) is 17.7 Å². The Balaban J connectivity index is 1.37. The number of hydrogen-bond acceptors (Lipinski definition) is 4. The van der Waals surface area contributed by atoms with Gasteiger partial charge in [-0.3, -0.25) is 4.79 Å². The number of alkyl halides is 3. The van der Waals surface area contributed by atoms with Crippen molar-refractivity contribution in [3.8, 4) is 5.06 Å². The number of fused-ring (bicyclic) bond motifs is 1. The zero-order valence-electron chi connectivity index (χ0n) is 17.7. The molecule has 8 heteroatoms. The van der Waals surface area contributed by atoms with Gasteiger partial charge >= 0.3 is 6.18 Å². The molecule has 0 unspecified atom stereocenters. The average Bonchev–Trinajstić information content (AvgIpc) is 3.14. The van der Waals surface area contributed by atoms with Gasteiger partial charge in [-0.15, -0.1) is 11.3 Å². The van der Waals surface area contributed by atoms with Gasteiger partial charge in [-0.2, -0.15) is 13.2 Å². The number of thiophene rings is 1. The lowest BCUT2D eigenvalue weighted by Crippen LogP contribution is -2.41. The minimum absolute atomic E-state index is 0.222. The van der Waals surface area contributed by atoms with Gasteiger partial charge in [0.25, 0.3) is 5.91 Å². The van der Waals surface area contributed by atoms with Crippen LogP contribution in [0.2, 0.25) is 0 Å². The Bertz CT molecular complexity index is 916. The summed E-state index contributed by atoms with van der Waals surface area (Å²) in [6, 6.07) is 7.09. The molecule has 0 spiro atoms. The van der Waals surface area contributed by atoms with Gasteiger partial charge in [0.1, 0.15) is 6.10 Å². The summed E-state index contributed by atoms with van der Waals surface area (Å²) in [5.74, 6) is -0.240. The number of carbonyl (C=O) groups excluding carboxylic acids is 1. The van der Waals surface area contributed by atoms with Crippen molar-refractivity contribution in [2.45, 2.75) is 58.0 Å². The van der Waals surface area contributed by atoms with Gasteiger partial charge in [-0.25, -0.2) is 0 Å². The summed E-state index contributed by atoms with van der Waals surface area (Å²) in [6.07, 6.45) is -1.42. The molecule has 4 rings (SSSR count). The van der Waals surface area contributed by atoms with Crippen molar-refractivity contribution in [3.05, 3.63) is 51.9 Å². The number of halogens is 3. The van der Waals surface area contributed by atoms with E-state index in [1.807, 2.05) is 0 Å². The van der Waals surface area contributed by atoms with E-state index in [-0.39, 0.29) is 17.6 Å².